The number of carbonyl (C=O) groups excluding carboxylic acids is 3. The maximum atomic E-state index is 13.8. The molecule has 2 saturated heterocycles. The van der Waals surface area contributed by atoms with E-state index in [-0.39, 0.29) is 30.3 Å². The number of hydrogen-bond donors (Lipinski definition) is 4. The third kappa shape index (κ3) is 8.36. The second-order valence-corrected chi connectivity index (χ2v) is 12.4. The van der Waals surface area contributed by atoms with Gasteiger partial charge in [-0.1, -0.05) is 49.6 Å². The van der Waals surface area contributed by atoms with Gasteiger partial charge in [-0.2, -0.15) is 0 Å². The van der Waals surface area contributed by atoms with Gasteiger partial charge in [0.1, 0.15) is 0 Å². The molecule has 2 heterocycles. The highest BCUT2D eigenvalue weighted by molar-refractivity contribution is 6.00. The molecule has 3 aliphatic rings. The molecule has 43 heavy (non-hydrogen) atoms. The molecule has 232 valence electrons. The quantitative estimate of drug-likeness (QED) is 0.301. The van der Waals surface area contributed by atoms with Gasteiger partial charge in [-0.25, -0.2) is 0 Å². The number of anilines is 2. The fraction of sp³-hybridized carbons (Fsp3) is 0.559. The fourth-order valence-corrected chi connectivity index (χ4v) is 6.47. The van der Waals surface area contributed by atoms with Crippen LogP contribution in [-0.2, 0) is 16.0 Å². The van der Waals surface area contributed by atoms with Crippen molar-refractivity contribution in [3.8, 4) is 0 Å². The summed E-state index contributed by atoms with van der Waals surface area (Å²) in [6, 6.07) is 14.6. The van der Waals surface area contributed by atoms with Crippen molar-refractivity contribution in [2.24, 2.45) is 0 Å². The van der Waals surface area contributed by atoms with Crippen molar-refractivity contribution in [3.63, 3.8) is 0 Å². The molecule has 2 aromatic rings. The normalized spacial score (nSPS) is 19.7. The van der Waals surface area contributed by atoms with Crippen molar-refractivity contribution in [2.75, 3.05) is 36.0 Å². The summed E-state index contributed by atoms with van der Waals surface area (Å²) >= 11 is 0. The van der Waals surface area contributed by atoms with E-state index in [0.29, 0.717) is 24.9 Å². The van der Waals surface area contributed by atoms with Crippen LogP contribution in [0.25, 0.3) is 0 Å². The average Bonchev–Trinajstić information content (AvgIpc) is 3.72. The average molecular weight is 590 g/mol. The van der Waals surface area contributed by atoms with Crippen molar-refractivity contribution in [1.82, 2.24) is 16.0 Å². The predicted molar refractivity (Wildman–Crippen MR) is 169 cm³/mol. The Balaban J connectivity index is 1.29. The first-order chi connectivity index (χ1) is 20.9. The first-order valence-electron chi connectivity index (χ1n) is 16.1. The molecule has 0 bridgehead atoms. The van der Waals surface area contributed by atoms with Gasteiger partial charge in [-0.05, 0) is 69.2 Å². The molecular weight excluding hydrogens is 542 g/mol. The summed E-state index contributed by atoms with van der Waals surface area (Å²) in [6.45, 7) is 4.45. The summed E-state index contributed by atoms with van der Waals surface area (Å²) in [6.07, 6.45) is 8.56. The minimum absolute atomic E-state index is 0.0644. The van der Waals surface area contributed by atoms with Crippen LogP contribution in [0, 0.1) is 0 Å². The van der Waals surface area contributed by atoms with Crippen molar-refractivity contribution >= 4 is 29.1 Å². The fourth-order valence-electron chi connectivity index (χ4n) is 6.47. The summed E-state index contributed by atoms with van der Waals surface area (Å²) in [5.41, 5.74) is 3.15. The maximum absolute atomic E-state index is 13.8. The van der Waals surface area contributed by atoms with E-state index < -0.39 is 18.2 Å². The zero-order valence-electron chi connectivity index (χ0n) is 25.4. The summed E-state index contributed by atoms with van der Waals surface area (Å²) < 4.78 is 0. The third-order valence-corrected chi connectivity index (χ3v) is 9.08. The van der Waals surface area contributed by atoms with E-state index in [4.69, 9.17) is 0 Å². The van der Waals surface area contributed by atoms with Crippen molar-refractivity contribution in [1.29, 1.82) is 0 Å². The Morgan fingerprint density at radius 3 is 2.35 bits per heavy atom. The number of amides is 3. The Labute approximate surface area is 255 Å². The molecule has 1 saturated carbocycles. The molecule has 9 heteroatoms. The highest BCUT2D eigenvalue weighted by Crippen LogP contribution is 2.30. The van der Waals surface area contributed by atoms with E-state index in [1.165, 1.54) is 6.42 Å². The van der Waals surface area contributed by atoms with E-state index in [1.807, 2.05) is 42.5 Å². The van der Waals surface area contributed by atoms with Crippen molar-refractivity contribution < 1.29 is 19.5 Å². The molecule has 0 aromatic heterocycles. The molecule has 2 aromatic carbocycles. The van der Waals surface area contributed by atoms with Crippen LogP contribution in [0.4, 0.5) is 11.4 Å². The Morgan fingerprint density at radius 2 is 1.65 bits per heavy atom. The molecule has 0 radical (unpaired) electrons. The highest BCUT2D eigenvalue weighted by Gasteiger charge is 2.28. The smallest absolute Gasteiger partial charge is 0.251 e. The number of nitrogens with zero attached hydrogens (tertiary/aromatic N) is 2. The highest BCUT2D eigenvalue weighted by atomic mass is 16.3. The van der Waals surface area contributed by atoms with Gasteiger partial charge in [0.25, 0.3) is 5.91 Å². The van der Waals surface area contributed by atoms with Crippen LogP contribution < -0.4 is 25.8 Å². The number of carbonyl (C=O) groups is 3. The lowest BCUT2D eigenvalue weighted by Crippen LogP contribution is -2.53. The zero-order chi connectivity index (χ0) is 30.2. The van der Waals surface area contributed by atoms with Crippen LogP contribution in [0.1, 0.15) is 80.6 Å². The summed E-state index contributed by atoms with van der Waals surface area (Å²) in [5.74, 6) is -0.280. The lowest BCUT2D eigenvalue weighted by molar-refractivity contribution is -0.123. The van der Waals surface area contributed by atoms with Crippen molar-refractivity contribution in [2.45, 2.75) is 95.4 Å². The maximum Gasteiger partial charge on any atom is 0.251 e. The molecule has 3 fully saturated rings. The number of aliphatic hydroxyl groups is 1. The largest absolute Gasteiger partial charge is 0.390 e. The molecular formula is C34H47N5O4. The molecule has 0 unspecified atom stereocenters. The molecule has 4 N–H and O–H groups in total. The third-order valence-electron chi connectivity index (χ3n) is 9.08. The minimum atomic E-state index is -0.935. The van der Waals surface area contributed by atoms with Gasteiger partial charge < -0.3 is 30.9 Å². The molecule has 9 nitrogen and oxygen atoms in total. The number of rotatable bonds is 12. The Hall–Kier alpha value is -3.43. The minimum Gasteiger partial charge on any atom is -0.390 e. The van der Waals surface area contributed by atoms with E-state index in [1.54, 1.807) is 17.9 Å². The Kier molecular flexibility index (Phi) is 10.7. The molecule has 0 spiro atoms. The lowest BCUT2D eigenvalue weighted by atomic mass is 9.95. The SMILES string of the molecule is C[C@H](NC[C@H](O)[C@H](Cc1ccccc1)NC(=O)c1cc(N2CCCC2)cc(N2CCCC2=O)c1)C(=O)NC1CCCCC1. The first-order valence-corrected chi connectivity index (χ1v) is 16.1. The number of nitrogens with one attached hydrogen (secondary N) is 3. The van der Waals surface area contributed by atoms with Gasteiger partial charge in [0.2, 0.25) is 11.8 Å². The molecule has 2 aliphatic heterocycles. The first kappa shape index (κ1) is 31.0. The second-order valence-electron chi connectivity index (χ2n) is 12.4. The van der Waals surface area contributed by atoms with E-state index in [2.05, 4.69) is 20.9 Å². The monoisotopic (exact) mass is 589 g/mol. The molecule has 3 amide bonds. The van der Waals surface area contributed by atoms with E-state index >= 15 is 0 Å². The van der Waals surface area contributed by atoms with Gasteiger partial charge >= 0.3 is 0 Å². The summed E-state index contributed by atoms with van der Waals surface area (Å²) in [4.78, 5) is 43.2. The molecule has 5 rings (SSSR count). The number of aliphatic hydroxyl groups excluding tert-OH is 1. The molecule has 3 atom stereocenters. The van der Waals surface area contributed by atoms with Crippen LogP contribution in [0.15, 0.2) is 48.5 Å². The predicted octanol–water partition coefficient (Wildman–Crippen LogP) is 3.54. The van der Waals surface area contributed by atoms with Crippen molar-refractivity contribution in [3.05, 3.63) is 59.7 Å². The summed E-state index contributed by atoms with van der Waals surface area (Å²) in [5, 5.41) is 20.8. The van der Waals surface area contributed by atoms with Gasteiger partial charge in [0, 0.05) is 55.6 Å². The van der Waals surface area contributed by atoms with Crippen LogP contribution >= 0.6 is 0 Å². The van der Waals surface area contributed by atoms with Crippen LogP contribution in [-0.4, -0.2) is 73.2 Å². The van der Waals surface area contributed by atoms with Crippen LogP contribution in [0.3, 0.4) is 0 Å². The van der Waals surface area contributed by atoms with Crippen LogP contribution in [0.2, 0.25) is 0 Å². The van der Waals surface area contributed by atoms with Gasteiger partial charge in [-0.15, -0.1) is 0 Å². The number of benzene rings is 2. The summed E-state index contributed by atoms with van der Waals surface area (Å²) in [7, 11) is 0. The topological polar surface area (TPSA) is 114 Å². The van der Waals surface area contributed by atoms with E-state index in [9.17, 15) is 19.5 Å². The Bertz CT molecular complexity index is 1240. The Morgan fingerprint density at radius 1 is 0.930 bits per heavy atom. The van der Waals surface area contributed by atoms with Gasteiger partial charge in [-0.3, -0.25) is 14.4 Å². The lowest BCUT2D eigenvalue weighted by Gasteiger charge is -2.28. The molecule has 1 aliphatic carbocycles. The van der Waals surface area contributed by atoms with Gasteiger partial charge in [0.15, 0.2) is 0 Å². The van der Waals surface area contributed by atoms with E-state index in [0.717, 1.165) is 75.0 Å². The standard InChI is InChI=1S/C34H47N5O4/c1-24(33(42)36-27-13-6-3-7-14-27)35-23-31(40)30(19-25-11-4-2-5-12-25)37-34(43)26-20-28(38-16-8-9-17-38)22-29(21-26)39-18-10-15-32(39)41/h2,4-5,11-12,20-22,24,27,30-31,35,40H,3,6-10,13-19,23H2,1H3,(H,36,42)(H,37,43)/t24-,30-,31-/m0/s1. The van der Waals surface area contributed by atoms with Crippen LogP contribution in [0.5, 0.6) is 0 Å². The second kappa shape index (κ2) is 14.8. The van der Waals surface area contributed by atoms with Gasteiger partial charge in [0.05, 0.1) is 18.2 Å². The number of hydrogen-bond acceptors (Lipinski definition) is 6. The zero-order valence-corrected chi connectivity index (χ0v) is 25.4.